The van der Waals surface area contributed by atoms with Gasteiger partial charge in [0.25, 0.3) is 5.91 Å². The number of hydrogen-bond donors (Lipinski definition) is 2. The average molecular weight is 390 g/mol. The number of nitrogens with zero attached hydrogens (tertiary/aromatic N) is 1. The predicted molar refractivity (Wildman–Crippen MR) is 114 cm³/mol. The van der Waals surface area contributed by atoms with Crippen LogP contribution in [0.25, 0.3) is 0 Å². The van der Waals surface area contributed by atoms with Gasteiger partial charge in [0.2, 0.25) is 0 Å². The van der Waals surface area contributed by atoms with E-state index in [2.05, 4.69) is 64.9 Å². The molecule has 142 valence electrons. The zero-order chi connectivity index (χ0) is 19.1. The fraction of sp³-hybridized carbons (Fsp3) is 0.261. The van der Waals surface area contributed by atoms with Crippen LogP contribution in [0.3, 0.4) is 0 Å². The lowest BCUT2D eigenvalue weighted by molar-refractivity contribution is 0.0934. The van der Waals surface area contributed by atoms with E-state index >= 15 is 0 Å². The van der Waals surface area contributed by atoms with Crippen molar-refractivity contribution in [2.24, 2.45) is 0 Å². The van der Waals surface area contributed by atoms with Crippen LogP contribution in [0, 0.1) is 6.92 Å². The molecule has 5 heteroatoms. The van der Waals surface area contributed by atoms with Gasteiger partial charge in [-0.15, -0.1) is 11.3 Å². The predicted octanol–water partition coefficient (Wildman–Crippen LogP) is 4.47. The molecule has 1 aromatic heterocycles. The molecule has 0 unspecified atom stereocenters. The number of nitrogens with one attached hydrogen (secondary N) is 2. The highest BCUT2D eigenvalue weighted by molar-refractivity contribution is 7.16. The molecule has 0 fully saturated rings. The summed E-state index contributed by atoms with van der Waals surface area (Å²) in [5.41, 5.74) is 5.74. The second kappa shape index (κ2) is 7.08. The summed E-state index contributed by atoms with van der Waals surface area (Å²) in [4.78, 5) is 16.7. The fourth-order valence-electron chi connectivity index (χ4n) is 4.21. The monoisotopic (exact) mass is 389 g/mol. The molecule has 1 amide bonds. The topological polar surface area (TPSA) is 44.4 Å². The summed E-state index contributed by atoms with van der Waals surface area (Å²) in [7, 11) is 0. The Hall–Kier alpha value is -2.63. The van der Waals surface area contributed by atoms with Crippen LogP contribution in [0.4, 0.5) is 5.00 Å². The Morgan fingerprint density at radius 3 is 2.68 bits per heavy atom. The lowest BCUT2D eigenvalue weighted by Crippen LogP contribution is -2.39. The third-order valence-corrected chi connectivity index (χ3v) is 6.81. The molecule has 4 nitrogen and oxygen atoms in total. The first kappa shape index (κ1) is 17.5. The van der Waals surface area contributed by atoms with Crippen molar-refractivity contribution in [1.82, 2.24) is 10.2 Å². The lowest BCUT2D eigenvalue weighted by atomic mass is 9.99. The quantitative estimate of drug-likeness (QED) is 0.695. The summed E-state index contributed by atoms with van der Waals surface area (Å²) in [6.07, 6.45) is 0.764. The van der Waals surface area contributed by atoms with Crippen molar-refractivity contribution in [2.45, 2.75) is 32.6 Å². The number of fused-ring (bicyclic) bond motifs is 3. The molecule has 2 aromatic carbocycles. The van der Waals surface area contributed by atoms with Crippen LogP contribution in [-0.4, -0.2) is 17.4 Å². The number of carbonyl (C=O) groups excluding carboxylic acids is 1. The van der Waals surface area contributed by atoms with Gasteiger partial charge in [-0.3, -0.25) is 9.69 Å². The van der Waals surface area contributed by atoms with Crippen LogP contribution in [0.2, 0.25) is 0 Å². The van der Waals surface area contributed by atoms with Gasteiger partial charge in [0.15, 0.2) is 0 Å². The third kappa shape index (κ3) is 3.11. The Morgan fingerprint density at radius 1 is 1.07 bits per heavy atom. The summed E-state index contributed by atoms with van der Waals surface area (Å²) in [5.74, 6) is 0.0519. The molecule has 0 spiro atoms. The molecule has 2 aliphatic heterocycles. The molecule has 1 atom stereocenters. The van der Waals surface area contributed by atoms with Crippen molar-refractivity contribution in [3.63, 3.8) is 0 Å². The number of anilines is 1. The Kier molecular flexibility index (Phi) is 4.41. The lowest BCUT2D eigenvalue weighted by Gasteiger charge is -2.29. The molecule has 3 aromatic rings. The summed E-state index contributed by atoms with van der Waals surface area (Å²) >= 11 is 1.75. The first-order chi connectivity index (χ1) is 13.7. The Balaban J connectivity index is 1.40. The maximum absolute atomic E-state index is 12.9. The molecule has 28 heavy (non-hydrogen) atoms. The van der Waals surface area contributed by atoms with Crippen LogP contribution < -0.4 is 10.6 Å². The van der Waals surface area contributed by atoms with E-state index in [-0.39, 0.29) is 12.1 Å². The number of thiophene rings is 1. The van der Waals surface area contributed by atoms with Crippen molar-refractivity contribution in [3.05, 3.63) is 87.3 Å². The molecule has 0 saturated carbocycles. The van der Waals surface area contributed by atoms with E-state index in [1.807, 2.05) is 12.1 Å². The maximum atomic E-state index is 12.9. The largest absolute Gasteiger partial charge is 0.353 e. The highest BCUT2D eigenvalue weighted by Crippen LogP contribution is 2.41. The highest BCUT2D eigenvalue weighted by Gasteiger charge is 2.33. The average Bonchev–Trinajstić information content (AvgIpc) is 3.07. The number of rotatable bonds is 3. The summed E-state index contributed by atoms with van der Waals surface area (Å²) in [6.45, 7) is 4.93. The van der Waals surface area contributed by atoms with Crippen LogP contribution in [0.5, 0.6) is 0 Å². The number of benzene rings is 2. The first-order valence-electron chi connectivity index (χ1n) is 9.73. The van der Waals surface area contributed by atoms with Crippen molar-refractivity contribution >= 4 is 22.2 Å². The summed E-state index contributed by atoms with van der Waals surface area (Å²) in [6, 6.07) is 18.8. The minimum absolute atomic E-state index is 0.0519. The van der Waals surface area contributed by atoms with E-state index in [9.17, 15) is 4.79 Å². The Morgan fingerprint density at radius 2 is 1.86 bits per heavy atom. The zero-order valence-electron chi connectivity index (χ0n) is 15.9. The molecule has 0 radical (unpaired) electrons. The van der Waals surface area contributed by atoms with E-state index in [1.165, 1.54) is 21.6 Å². The molecular formula is C23H23N3OS. The van der Waals surface area contributed by atoms with Crippen molar-refractivity contribution in [1.29, 1.82) is 0 Å². The zero-order valence-corrected chi connectivity index (χ0v) is 16.7. The van der Waals surface area contributed by atoms with E-state index in [1.54, 1.807) is 11.3 Å². The SMILES string of the molecule is Cc1ccccc1[C@@H]1NC(=O)c2c(sc3c2CCN(Cc2ccccc2)C3)N1. The van der Waals surface area contributed by atoms with E-state index < -0.39 is 0 Å². The number of hydrogen-bond acceptors (Lipinski definition) is 4. The third-order valence-electron chi connectivity index (χ3n) is 5.66. The maximum Gasteiger partial charge on any atom is 0.256 e. The van der Waals surface area contributed by atoms with Gasteiger partial charge in [0.05, 0.1) is 5.56 Å². The smallest absolute Gasteiger partial charge is 0.256 e. The van der Waals surface area contributed by atoms with Crippen molar-refractivity contribution in [2.75, 3.05) is 11.9 Å². The Bertz CT molecular complexity index is 1030. The molecule has 2 aliphatic rings. The molecule has 0 aliphatic carbocycles. The van der Waals surface area contributed by atoms with Gasteiger partial charge in [0, 0.05) is 24.5 Å². The molecule has 0 bridgehead atoms. The van der Waals surface area contributed by atoms with Crippen LogP contribution in [-0.2, 0) is 19.5 Å². The second-order valence-corrected chi connectivity index (χ2v) is 8.67. The number of aryl methyl sites for hydroxylation is 1. The summed E-state index contributed by atoms with van der Waals surface area (Å²) in [5, 5.41) is 7.75. The molecule has 0 saturated heterocycles. The second-order valence-electron chi connectivity index (χ2n) is 7.56. The summed E-state index contributed by atoms with van der Waals surface area (Å²) < 4.78 is 0. The standard InChI is InChI=1S/C23H23N3OS/c1-15-7-5-6-10-17(15)21-24-22(27)20-18-11-12-26(13-16-8-3-2-4-9-16)14-19(18)28-23(20)25-21/h2-10,21,25H,11-14H2,1H3,(H,24,27)/t21-/m1/s1. The van der Waals surface area contributed by atoms with E-state index in [4.69, 9.17) is 0 Å². The molecule has 2 N–H and O–H groups in total. The molecule has 3 heterocycles. The fourth-order valence-corrected chi connectivity index (χ4v) is 5.53. The van der Waals surface area contributed by atoms with Crippen molar-refractivity contribution in [3.8, 4) is 0 Å². The van der Waals surface area contributed by atoms with Crippen LogP contribution >= 0.6 is 11.3 Å². The Labute approximate surface area is 169 Å². The van der Waals surface area contributed by atoms with Gasteiger partial charge in [-0.05, 0) is 35.6 Å². The van der Waals surface area contributed by atoms with Crippen molar-refractivity contribution < 1.29 is 4.79 Å². The van der Waals surface area contributed by atoms with Crippen LogP contribution in [0.15, 0.2) is 54.6 Å². The van der Waals surface area contributed by atoms with Gasteiger partial charge in [-0.2, -0.15) is 0 Å². The van der Waals surface area contributed by atoms with Gasteiger partial charge < -0.3 is 10.6 Å². The number of amides is 1. The minimum Gasteiger partial charge on any atom is -0.353 e. The molecular weight excluding hydrogens is 366 g/mol. The van der Waals surface area contributed by atoms with Gasteiger partial charge in [-0.1, -0.05) is 54.6 Å². The highest BCUT2D eigenvalue weighted by atomic mass is 32.1. The first-order valence-corrected chi connectivity index (χ1v) is 10.5. The normalized spacial score (nSPS) is 18.8. The van der Waals surface area contributed by atoms with E-state index in [0.29, 0.717) is 0 Å². The minimum atomic E-state index is -0.165. The van der Waals surface area contributed by atoms with Gasteiger partial charge in [0.1, 0.15) is 11.2 Å². The molecule has 5 rings (SSSR count). The van der Waals surface area contributed by atoms with E-state index in [0.717, 1.165) is 42.2 Å². The number of carbonyl (C=O) groups is 1. The van der Waals surface area contributed by atoms with Gasteiger partial charge in [-0.25, -0.2) is 0 Å². The van der Waals surface area contributed by atoms with Gasteiger partial charge >= 0.3 is 0 Å². The van der Waals surface area contributed by atoms with Crippen LogP contribution in [0.1, 0.15) is 43.7 Å².